The average molecular weight is 252 g/mol. The van der Waals surface area contributed by atoms with E-state index in [4.69, 9.17) is 5.73 Å². The molecule has 1 aromatic carbocycles. The monoisotopic (exact) mass is 252 g/mol. The number of rotatable bonds is 5. The van der Waals surface area contributed by atoms with Crippen LogP contribution in [0.2, 0.25) is 0 Å². The van der Waals surface area contributed by atoms with Crippen molar-refractivity contribution in [1.29, 1.82) is 0 Å². The highest BCUT2D eigenvalue weighted by atomic mass is 32.2. The SMILES string of the molecule is C=Cc1cc(C(C)N)ccc1NS(=O)(=O)C=C. The van der Waals surface area contributed by atoms with Gasteiger partial charge in [-0.1, -0.05) is 25.3 Å². The summed E-state index contributed by atoms with van der Waals surface area (Å²) in [5, 5.41) is 0.860. The van der Waals surface area contributed by atoms with Gasteiger partial charge in [0, 0.05) is 11.4 Å². The first-order valence-corrected chi connectivity index (χ1v) is 6.61. The maximum absolute atomic E-state index is 11.4. The van der Waals surface area contributed by atoms with Gasteiger partial charge in [0.2, 0.25) is 0 Å². The normalized spacial score (nSPS) is 12.8. The van der Waals surface area contributed by atoms with Gasteiger partial charge >= 0.3 is 0 Å². The van der Waals surface area contributed by atoms with E-state index in [2.05, 4.69) is 17.9 Å². The van der Waals surface area contributed by atoms with Gasteiger partial charge in [0.25, 0.3) is 10.0 Å². The summed E-state index contributed by atoms with van der Waals surface area (Å²) in [5.41, 5.74) is 7.82. The zero-order chi connectivity index (χ0) is 13.1. The minimum Gasteiger partial charge on any atom is -0.324 e. The van der Waals surface area contributed by atoms with Crippen LogP contribution in [0.15, 0.2) is 36.8 Å². The highest BCUT2D eigenvalue weighted by Gasteiger charge is 2.09. The maximum atomic E-state index is 11.4. The van der Waals surface area contributed by atoms with Crippen LogP contribution in [0.1, 0.15) is 24.1 Å². The van der Waals surface area contributed by atoms with Crippen molar-refractivity contribution in [2.24, 2.45) is 5.73 Å². The predicted molar refractivity (Wildman–Crippen MR) is 71.9 cm³/mol. The van der Waals surface area contributed by atoms with E-state index in [-0.39, 0.29) is 6.04 Å². The van der Waals surface area contributed by atoms with E-state index in [0.29, 0.717) is 11.3 Å². The van der Waals surface area contributed by atoms with Crippen molar-refractivity contribution >= 4 is 21.8 Å². The fourth-order valence-corrected chi connectivity index (χ4v) is 1.90. The first-order valence-electron chi connectivity index (χ1n) is 5.07. The summed E-state index contributed by atoms with van der Waals surface area (Å²) in [6, 6.07) is 5.13. The summed E-state index contributed by atoms with van der Waals surface area (Å²) in [4.78, 5) is 0. The molecule has 0 radical (unpaired) electrons. The number of hydrogen-bond donors (Lipinski definition) is 2. The van der Waals surface area contributed by atoms with Crippen molar-refractivity contribution in [3.8, 4) is 0 Å². The van der Waals surface area contributed by atoms with Crippen LogP contribution >= 0.6 is 0 Å². The quantitative estimate of drug-likeness (QED) is 0.844. The van der Waals surface area contributed by atoms with Crippen LogP contribution in [-0.4, -0.2) is 8.42 Å². The Hall–Kier alpha value is -1.59. The molecule has 5 heteroatoms. The summed E-state index contributed by atoms with van der Waals surface area (Å²) < 4.78 is 25.1. The molecule has 4 nitrogen and oxygen atoms in total. The van der Waals surface area contributed by atoms with E-state index < -0.39 is 10.0 Å². The third-order valence-electron chi connectivity index (χ3n) is 2.29. The molecule has 92 valence electrons. The van der Waals surface area contributed by atoms with Gasteiger partial charge < -0.3 is 5.73 Å². The second-order valence-electron chi connectivity index (χ2n) is 3.65. The minimum absolute atomic E-state index is 0.112. The van der Waals surface area contributed by atoms with Gasteiger partial charge in [0.15, 0.2) is 0 Å². The molecule has 0 saturated heterocycles. The molecule has 0 amide bonds. The van der Waals surface area contributed by atoms with E-state index in [1.807, 2.05) is 6.92 Å². The zero-order valence-electron chi connectivity index (χ0n) is 9.68. The smallest absolute Gasteiger partial charge is 0.254 e. The Bertz CT molecular complexity index is 533. The number of benzene rings is 1. The molecular formula is C12H16N2O2S. The topological polar surface area (TPSA) is 72.2 Å². The Morgan fingerprint density at radius 1 is 1.41 bits per heavy atom. The van der Waals surface area contributed by atoms with Crippen molar-refractivity contribution < 1.29 is 8.42 Å². The number of hydrogen-bond acceptors (Lipinski definition) is 3. The summed E-state index contributed by atoms with van der Waals surface area (Å²) >= 11 is 0. The first kappa shape index (κ1) is 13.5. The van der Waals surface area contributed by atoms with Crippen molar-refractivity contribution in [3.63, 3.8) is 0 Å². The molecule has 0 aliphatic rings. The number of sulfonamides is 1. The third-order valence-corrected chi connectivity index (χ3v) is 3.24. The molecule has 0 aliphatic carbocycles. The van der Waals surface area contributed by atoms with Crippen LogP contribution in [0.5, 0.6) is 0 Å². The van der Waals surface area contributed by atoms with Gasteiger partial charge in [0.1, 0.15) is 0 Å². The molecule has 0 saturated carbocycles. The number of nitrogens with two attached hydrogens (primary N) is 1. The largest absolute Gasteiger partial charge is 0.324 e. The molecule has 0 bridgehead atoms. The number of nitrogens with one attached hydrogen (secondary N) is 1. The van der Waals surface area contributed by atoms with E-state index >= 15 is 0 Å². The van der Waals surface area contributed by atoms with Crippen LogP contribution < -0.4 is 10.5 Å². The van der Waals surface area contributed by atoms with E-state index in [1.54, 1.807) is 24.3 Å². The summed E-state index contributed by atoms with van der Waals surface area (Å²) in [6.45, 7) is 8.74. The Kier molecular flexibility index (Phi) is 4.09. The minimum atomic E-state index is -3.50. The van der Waals surface area contributed by atoms with Gasteiger partial charge in [-0.15, -0.1) is 0 Å². The highest BCUT2D eigenvalue weighted by molar-refractivity contribution is 7.95. The molecule has 0 fully saturated rings. The van der Waals surface area contributed by atoms with Crippen LogP contribution in [0.25, 0.3) is 6.08 Å². The second kappa shape index (κ2) is 5.16. The van der Waals surface area contributed by atoms with Gasteiger partial charge in [-0.3, -0.25) is 4.72 Å². The standard InChI is InChI=1S/C12H16N2O2S/c1-4-10-8-11(9(3)13)6-7-12(10)14-17(15,16)5-2/h4-9,14H,1-2,13H2,3H3. The Morgan fingerprint density at radius 2 is 2.06 bits per heavy atom. The first-order chi connectivity index (χ1) is 7.89. The van der Waals surface area contributed by atoms with E-state index in [0.717, 1.165) is 11.0 Å². The third kappa shape index (κ3) is 3.44. The molecule has 1 atom stereocenters. The fourth-order valence-electron chi connectivity index (χ4n) is 1.32. The van der Waals surface area contributed by atoms with Gasteiger partial charge in [-0.25, -0.2) is 8.42 Å². The Balaban J connectivity index is 3.18. The van der Waals surface area contributed by atoms with E-state index in [1.165, 1.54) is 0 Å². The van der Waals surface area contributed by atoms with E-state index in [9.17, 15) is 8.42 Å². The Labute approximate surface area is 102 Å². The fraction of sp³-hybridized carbons (Fsp3) is 0.167. The predicted octanol–water partition coefficient (Wildman–Crippen LogP) is 2.23. The van der Waals surface area contributed by atoms with Crippen LogP contribution in [0, 0.1) is 0 Å². The molecule has 0 aliphatic heterocycles. The second-order valence-corrected chi connectivity index (χ2v) is 5.28. The molecular weight excluding hydrogens is 236 g/mol. The Morgan fingerprint density at radius 3 is 2.53 bits per heavy atom. The van der Waals surface area contributed by atoms with Crippen LogP contribution in [0.3, 0.4) is 0 Å². The van der Waals surface area contributed by atoms with Crippen molar-refractivity contribution in [1.82, 2.24) is 0 Å². The van der Waals surface area contributed by atoms with Crippen molar-refractivity contribution in [3.05, 3.63) is 47.9 Å². The average Bonchev–Trinajstić information content (AvgIpc) is 2.29. The highest BCUT2D eigenvalue weighted by Crippen LogP contribution is 2.22. The molecule has 3 N–H and O–H groups in total. The lowest BCUT2D eigenvalue weighted by Crippen LogP contribution is -2.10. The van der Waals surface area contributed by atoms with Crippen molar-refractivity contribution in [2.45, 2.75) is 13.0 Å². The van der Waals surface area contributed by atoms with Crippen molar-refractivity contribution in [2.75, 3.05) is 4.72 Å². The summed E-state index contributed by atoms with van der Waals surface area (Å²) in [7, 11) is -3.50. The van der Waals surface area contributed by atoms with Gasteiger partial charge in [0.05, 0.1) is 5.69 Å². The lowest BCUT2D eigenvalue weighted by molar-refractivity contribution is 0.609. The van der Waals surface area contributed by atoms with Gasteiger partial charge in [-0.2, -0.15) is 0 Å². The van der Waals surface area contributed by atoms with Gasteiger partial charge in [-0.05, 0) is 30.2 Å². The lowest BCUT2D eigenvalue weighted by Gasteiger charge is -2.12. The number of anilines is 1. The molecule has 1 unspecified atom stereocenters. The summed E-state index contributed by atoms with van der Waals surface area (Å²) in [5.74, 6) is 0. The lowest BCUT2D eigenvalue weighted by atomic mass is 10.0. The molecule has 17 heavy (non-hydrogen) atoms. The summed E-state index contributed by atoms with van der Waals surface area (Å²) in [6.07, 6.45) is 1.58. The molecule has 0 aromatic heterocycles. The van der Waals surface area contributed by atoms with Crippen LogP contribution in [-0.2, 0) is 10.0 Å². The molecule has 0 spiro atoms. The zero-order valence-corrected chi connectivity index (χ0v) is 10.5. The molecule has 0 heterocycles. The van der Waals surface area contributed by atoms with Crippen LogP contribution in [0.4, 0.5) is 5.69 Å². The maximum Gasteiger partial charge on any atom is 0.254 e. The molecule has 1 rings (SSSR count). The molecule has 1 aromatic rings.